The number of fused-ring (bicyclic) bond motifs is 5. The van der Waals surface area contributed by atoms with E-state index in [2.05, 4.69) is 0 Å². The number of hydrogen-bond donors (Lipinski definition) is 2. The van der Waals surface area contributed by atoms with Gasteiger partial charge < -0.3 is 19.7 Å². The highest BCUT2D eigenvalue weighted by Gasteiger charge is 2.53. The van der Waals surface area contributed by atoms with Crippen LogP contribution in [-0.4, -0.2) is 29.2 Å². The highest BCUT2D eigenvalue weighted by atomic mass is 35.5. The maximum absolute atomic E-state index is 11.8. The SMILES string of the molecule is COc1c(Cl)c(C)c(Cl)c2c1[C@H]1c3c(C=O)c(O)cc(O)c3C[C@@H]1C(C)(C)O2. The second-order valence-electron chi connectivity index (χ2n) is 7.86. The molecule has 148 valence electrons. The van der Waals surface area contributed by atoms with Crippen molar-refractivity contribution >= 4 is 29.5 Å². The van der Waals surface area contributed by atoms with E-state index in [1.54, 1.807) is 6.92 Å². The first-order valence-electron chi connectivity index (χ1n) is 8.91. The zero-order chi connectivity index (χ0) is 20.5. The molecule has 0 saturated carbocycles. The zero-order valence-electron chi connectivity index (χ0n) is 15.9. The summed E-state index contributed by atoms with van der Waals surface area (Å²) in [5, 5.41) is 21.5. The van der Waals surface area contributed by atoms with E-state index in [0.717, 1.165) is 0 Å². The Morgan fingerprint density at radius 2 is 1.89 bits per heavy atom. The first-order valence-corrected chi connectivity index (χ1v) is 9.66. The third kappa shape index (κ3) is 2.36. The molecule has 2 atom stereocenters. The average Bonchev–Trinajstić information content (AvgIpc) is 3.04. The Morgan fingerprint density at radius 1 is 1.21 bits per heavy atom. The van der Waals surface area contributed by atoms with Crippen LogP contribution in [-0.2, 0) is 6.42 Å². The summed E-state index contributed by atoms with van der Waals surface area (Å²) in [4.78, 5) is 11.8. The topological polar surface area (TPSA) is 76.0 Å². The predicted octanol–water partition coefficient (Wildman–Crippen LogP) is 5.01. The standard InChI is InChI=1S/C21H20Cl2O5/c1-8-17(22)19(27-4)16-15-11(21(2,3)28-20(16)18(8)23)5-9-12(25)6-13(26)10(7-24)14(9)15/h6-7,11,15,25-26H,5H2,1-4H3/t11-,15+/m0/s1. The molecule has 7 heteroatoms. The lowest BCUT2D eigenvalue weighted by molar-refractivity contribution is 0.0221. The molecule has 28 heavy (non-hydrogen) atoms. The van der Waals surface area contributed by atoms with Crippen molar-refractivity contribution in [1.82, 2.24) is 0 Å². The summed E-state index contributed by atoms with van der Waals surface area (Å²) in [7, 11) is 1.51. The number of benzene rings is 2. The van der Waals surface area contributed by atoms with E-state index in [9.17, 15) is 15.0 Å². The van der Waals surface area contributed by atoms with E-state index >= 15 is 0 Å². The summed E-state index contributed by atoms with van der Waals surface area (Å²) < 4.78 is 11.9. The number of phenols is 2. The van der Waals surface area contributed by atoms with Crippen LogP contribution >= 0.6 is 23.2 Å². The van der Waals surface area contributed by atoms with Crippen molar-refractivity contribution in [1.29, 1.82) is 0 Å². The molecule has 0 saturated heterocycles. The van der Waals surface area contributed by atoms with E-state index < -0.39 is 5.60 Å². The number of ether oxygens (including phenoxy) is 2. The third-order valence-corrected chi connectivity index (χ3v) is 6.96. The lowest BCUT2D eigenvalue weighted by Gasteiger charge is -2.43. The number of hydrogen-bond acceptors (Lipinski definition) is 5. The molecule has 1 aliphatic carbocycles. The van der Waals surface area contributed by atoms with Gasteiger partial charge in [-0.3, -0.25) is 4.79 Å². The fourth-order valence-electron chi connectivity index (χ4n) is 4.66. The molecule has 0 radical (unpaired) electrons. The third-order valence-electron chi connectivity index (χ3n) is 6.05. The van der Waals surface area contributed by atoms with Crippen LogP contribution in [0, 0.1) is 12.8 Å². The van der Waals surface area contributed by atoms with E-state index in [-0.39, 0.29) is 28.9 Å². The maximum atomic E-state index is 11.8. The van der Waals surface area contributed by atoms with Crippen LogP contribution in [0.5, 0.6) is 23.0 Å². The minimum Gasteiger partial charge on any atom is -0.508 e. The van der Waals surface area contributed by atoms with E-state index in [1.807, 2.05) is 13.8 Å². The lowest BCUT2D eigenvalue weighted by Crippen LogP contribution is -2.44. The van der Waals surface area contributed by atoms with Gasteiger partial charge in [-0.05, 0) is 43.9 Å². The molecule has 0 bridgehead atoms. The fourth-order valence-corrected chi connectivity index (χ4v) is 5.21. The monoisotopic (exact) mass is 422 g/mol. The van der Waals surface area contributed by atoms with Crippen LogP contribution in [0.3, 0.4) is 0 Å². The van der Waals surface area contributed by atoms with Crippen LogP contribution in [0.1, 0.15) is 52.4 Å². The highest BCUT2D eigenvalue weighted by Crippen LogP contribution is 2.62. The number of methoxy groups -OCH3 is 1. The van der Waals surface area contributed by atoms with E-state index in [4.69, 9.17) is 32.7 Å². The second-order valence-corrected chi connectivity index (χ2v) is 8.62. The summed E-state index contributed by atoms with van der Waals surface area (Å²) in [6.45, 7) is 5.68. The average molecular weight is 423 g/mol. The Bertz CT molecular complexity index is 1030. The molecule has 4 rings (SSSR count). The first kappa shape index (κ1) is 19.2. The lowest BCUT2D eigenvalue weighted by atomic mass is 9.73. The van der Waals surface area contributed by atoms with Crippen molar-refractivity contribution in [3.8, 4) is 23.0 Å². The van der Waals surface area contributed by atoms with E-state index in [0.29, 0.717) is 56.5 Å². The van der Waals surface area contributed by atoms with Gasteiger partial charge in [0, 0.05) is 23.5 Å². The molecular formula is C21H20Cl2O5. The molecule has 2 aromatic rings. The summed E-state index contributed by atoms with van der Waals surface area (Å²) in [5.74, 6) is 0.0765. The molecular weight excluding hydrogens is 403 g/mol. The van der Waals surface area contributed by atoms with Crippen LogP contribution in [0.15, 0.2) is 6.07 Å². The van der Waals surface area contributed by atoms with Gasteiger partial charge in [0.25, 0.3) is 0 Å². The van der Waals surface area contributed by atoms with Crippen molar-refractivity contribution in [2.45, 2.75) is 38.7 Å². The Hall–Kier alpha value is -2.11. The number of rotatable bonds is 2. The predicted molar refractivity (Wildman–Crippen MR) is 107 cm³/mol. The number of carbonyl (C=O) groups excluding carboxylic acids is 1. The highest BCUT2D eigenvalue weighted by molar-refractivity contribution is 6.38. The van der Waals surface area contributed by atoms with Gasteiger partial charge >= 0.3 is 0 Å². The van der Waals surface area contributed by atoms with Crippen molar-refractivity contribution in [3.63, 3.8) is 0 Å². The van der Waals surface area contributed by atoms with Crippen molar-refractivity contribution in [3.05, 3.63) is 43.9 Å². The molecule has 0 unspecified atom stereocenters. The van der Waals surface area contributed by atoms with Crippen LogP contribution in [0.4, 0.5) is 0 Å². The summed E-state index contributed by atoms with van der Waals surface area (Å²) >= 11 is 13.1. The smallest absolute Gasteiger partial charge is 0.154 e. The van der Waals surface area contributed by atoms with Gasteiger partial charge in [0.2, 0.25) is 0 Å². The molecule has 0 spiro atoms. The normalized spacial score (nSPS) is 21.4. The van der Waals surface area contributed by atoms with Crippen molar-refractivity contribution < 1.29 is 24.5 Å². The van der Waals surface area contributed by atoms with Gasteiger partial charge in [-0.15, -0.1) is 0 Å². The molecule has 5 nitrogen and oxygen atoms in total. The molecule has 1 heterocycles. The molecule has 2 aliphatic rings. The van der Waals surface area contributed by atoms with Gasteiger partial charge in [0.05, 0.1) is 22.7 Å². The minimum absolute atomic E-state index is 0.0480. The number of halogens is 2. The largest absolute Gasteiger partial charge is 0.508 e. The molecule has 0 fully saturated rings. The summed E-state index contributed by atoms with van der Waals surface area (Å²) in [6, 6.07) is 1.21. The Morgan fingerprint density at radius 3 is 2.50 bits per heavy atom. The van der Waals surface area contributed by atoms with Crippen molar-refractivity contribution in [2.24, 2.45) is 5.92 Å². The quantitative estimate of drug-likeness (QED) is 0.665. The molecule has 0 aromatic heterocycles. The van der Waals surface area contributed by atoms with E-state index in [1.165, 1.54) is 13.2 Å². The van der Waals surface area contributed by atoms with Gasteiger partial charge in [-0.1, -0.05) is 23.2 Å². The first-order chi connectivity index (χ1) is 13.1. The van der Waals surface area contributed by atoms with Crippen LogP contribution in [0.2, 0.25) is 10.0 Å². The maximum Gasteiger partial charge on any atom is 0.154 e. The Labute approximate surface area is 172 Å². The second kappa shape index (κ2) is 6.19. The van der Waals surface area contributed by atoms with Crippen molar-refractivity contribution in [2.75, 3.05) is 7.11 Å². The van der Waals surface area contributed by atoms with Gasteiger partial charge in [-0.25, -0.2) is 0 Å². The van der Waals surface area contributed by atoms with Crippen LogP contribution in [0.25, 0.3) is 0 Å². The number of aldehydes is 1. The molecule has 2 aromatic carbocycles. The molecule has 2 N–H and O–H groups in total. The minimum atomic E-state index is -0.645. The summed E-state index contributed by atoms with van der Waals surface area (Å²) in [5.41, 5.74) is 1.98. The summed E-state index contributed by atoms with van der Waals surface area (Å²) in [6.07, 6.45) is 1.09. The number of phenolic OH excluding ortho intramolecular Hbond substituents is 2. The molecule has 0 amide bonds. The number of aromatic hydroxyl groups is 2. The molecule has 1 aliphatic heterocycles. The number of carbonyl (C=O) groups is 1. The zero-order valence-corrected chi connectivity index (χ0v) is 17.4. The fraction of sp³-hybridized carbons (Fsp3) is 0.381. The Balaban J connectivity index is 2.15. The van der Waals surface area contributed by atoms with Gasteiger partial charge in [0.1, 0.15) is 28.6 Å². The van der Waals surface area contributed by atoms with Gasteiger partial charge in [-0.2, -0.15) is 0 Å². The van der Waals surface area contributed by atoms with Gasteiger partial charge in [0.15, 0.2) is 6.29 Å². The van der Waals surface area contributed by atoms with Crippen LogP contribution < -0.4 is 9.47 Å². The Kier molecular flexibility index (Phi) is 4.25.